The first kappa shape index (κ1) is 21.9. The van der Waals surface area contributed by atoms with Gasteiger partial charge < -0.3 is 15.2 Å². The number of benzene rings is 2. The molecule has 2 amide bonds. The summed E-state index contributed by atoms with van der Waals surface area (Å²) < 4.78 is 1.86. The normalized spacial score (nSPS) is 11.7. The van der Waals surface area contributed by atoms with Gasteiger partial charge in [0.25, 0.3) is 0 Å². The summed E-state index contributed by atoms with van der Waals surface area (Å²) in [6.07, 6.45) is 0.637. The third-order valence-corrected chi connectivity index (χ3v) is 5.97. The van der Waals surface area contributed by atoms with Gasteiger partial charge >= 0.3 is 0 Å². The molecular formula is C21H22ClN5O2S. The zero-order valence-electron chi connectivity index (χ0n) is 16.8. The van der Waals surface area contributed by atoms with Gasteiger partial charge in [-0.25, -0.2) is 0 Å². The minimum atomic E-state index is -0.321. The largest absolute Gasteiger partial charge is 0.326 e. The first-order valence-corrected chi connectivity index (χ1v) is 10.6. The van der Waals surface area contributed by atoms with Gasteiger partial charge in [-0.15, -0.1) is 10.2 Å². The van der Waals surface area contributed by atoms with Crippen molar-refractivity contribution in [1.82, 2.24) is 14.8 Å². The second-order valence-electron chi connectivity index (χ2n) is 6.63. The van der Waals surface area contributed by atoms with E-state index in [1.165, 1.54) is 18.7 Å². The van der Waals surface area contributed by atoms with E-state index in [-0.39, 0.29) is 17.1 Å². The number of hydrogen-bond donors (Lipinski definition) is 2. The number of carbonyl (C=O) groups excluding carboxylic acids is 2. The number of thioether (sulfide) groups is 1. The molecule has 30 heavy (non-hydrogen) atoms. The summed E-state index contributed by atoms with van der Waals surface area (Å²) in [5.41, 5.74) is 2.28. The number of nitrogens with zero attached hydrogens (tertiary/aromatic N) is 3. The number of rotatable bonds is 7. The molecule has 9 heteroatoms. The highest BCUT2D eigenvalue weighted by molar-refractivity contribution is 8.00. The Morgan fingerprint density at radius 3 is 2.23 bits per heavy atom. The third-order valence-electron chi connectivity index (χ3n) is 4.32. The molecule has 0 saturated carbocycles. The molecule has 0 unspecified atom stereocenters. The molecule has 0 bridgehead atoms. The van der Waals surface area contributed by atoms with Crippen LogP contribution in [0.2, 0.25) is 5.02 Å². The number of hydrogen-bond acceptors (Lipinski definition) is 5. The smallest absolute Gasteiger partial charge is 0.237 e. The van der Waals surface area contributed by atoms with Crippen molar-refractivity contribution in [3.05, 3.63) is 53.6 Å². The van der Waals surface area contributed by atoms with Crippen LogP contribution in [0.3, 0.4) is 0 Å². The minimum Gasteiger partial charge on any atom is -0.326 e. The molecule has 0 saturated heterocycles. The summed E-state index contributed by atoms with van der Waals surface area (Å²) in [4.78, 5) is 23.9. The van der Waals surface area contributed by atoms with E-state index in [0.29, 0.717) is 33.8 Å². The fourth-order valence-corrected chi connectivity index (χ4v) is 3.83. The monoisotopic (exact) mass is 443 g/mol. The van der Waals surface area contributed by atoms with E-state index in [1.807, 2.05) is 42.8 Å². The fourth-order valence-electron chi connectivity index (χ4n) is 2.78. The molecule has 0 aliphatic heterocycles. The standard InChI is InChI=1S/C21H22ClN5O2S/c1-4-18(20(29)24-17-11-7-15(22)8-12-17)30-21-26-25-19(27(21)3)14-5-9-16(10-6-14)23-13(2)28/h5-12,18H,4H2,1-3H3,(H,23,28)(H,24,29)/t18-/m1/s1. The van der Waals surface area contributed by atoms with E-state index >= 15 is 0 Å². The van der Waals surface area contributed by atoms with Crippen LogP contribution in [0.5, 0.6) is 0 Å². The molecule has 2 aromatic carbocycles. The average Bonchev–Trinajstić information content (AvgIpc) is 3.08. The SMILES string of the molecule is CC[C@@H](Sc1nnc(-c2ccc(NC(C)=O)cc2)n1C)C(=O)Nc1ccc(Cl)cc1. The predicted octanol–water partition coefficient (Wildman–Crippen LogP) is 4.60. The molecular weight excluding hydrogens is 422 g/mol. The zero-order valence-corrected chi connectivity index (χ0v) is 18.4. The van der Waals surface area contributed by atoms with E-state index in [0.717, 1.165) is 5.56 Å². The van der Waals surface area contributed by atoms with E-state index in [4.69, 9.17) is 11.6 Å². The molecule has 7 nitrogen and oxygen atoms in total. The van der Waals surface area contributed by atoms with Crippen LogP contribution in [0.4, 0.5) is 11.4 Å². The zero-order chi connectivity index (χ0) is 21.7. The quantitative estimate of drug-likeness (QED) is 0.521. The number of nitrogens with one attached hydrogen (secondary N) is 2. The van der Waals surface area contributed by atoms with Crippen LogP contribution >= 0.6 is 23.4 Å². The van der Waals surface area contributed by atoms with Crippen LogP contribution in [0, 0.1) is 0 Å². The topological polar surface area (TPSA) is 88.9 Å². The predicted molar refractivity (Wildman–Crippen MR) is 121 cm³/mol. The second kappa shape index (κ2) is 9.77. The molecule has 0 aliphatic carbocycles. The second-order valence-corrected chi connectivity index (χ2v) is 8.24. The Balaban J connectivity index is 1.71. The first-order chi connectivity index (χ1) is 14.4. The van der Waals surface area contributed by atoms with Gasteiger partial charge in [-0.05, 0) is 55.0 Å². The summed E-state index contributed by atoms with van der Waals surface area (Å²) in [5, 5.41) is 15.1. The van der Waals surface area contributed by atoms with Crippen molar-refractivity contribution in [2.45, 2.75) is 30.7 Å². The van der Waals surface area contributed by atoms with Crippen molar-refractivity contribution in [3.63, 3.8) is 0 Å². The summed E-state index contributed by atoms with van der Waals surface area (Å²) in [6, 6.07) is 14.4. The van der Waals surface area contributed by atoms with Gasteiger partial charge in [0.1, 0.15) is 0 Å². The van der Waals surface area contributed by atoms with E-state index in [9.17, 15) is 9.59 Å². The Hall–Kier alpha value is -2.84. The first-order valence-electron chi connectivity index (χ1n) is 9.38. The van der Waals surface area contributed by atoms with Crippen LogP contribution in [0.15, 0.2) is 53.7 Å². The van der Waals surface area contributed by atoms with E-state index in [1.54, 1.807) is 24.3 Å². The van der Waals surface area contributed by atoms with Gasteiger partial charge in [-0.1, -0.05) is 30.3 Å². The van der Waals surface area contributed by atoms with Gasteiger partial charge in [-0.3, -0.25) is 9.59 Å². The number of aromatic nitrogens is 3. The Kier molecular flexibility index (Phi) is 7.12. The summed E-state index contributed by atoms with van der Waals surface area (Å²) >= 11 is 7.26. The van der Waals surface area contributed by atoms with Crippen LogP contribution in [-0.2, 0) is 16.6 Å². The molecule has 0 radical (unpaired) electrons. The Morgan fingerprint density at radius 1 is 1.03 bits per heavy atom. The lowest BCUT2D eigenvalue weighted by atomic mass is 10.2. The van der Waals surface area contributed by atoms with E-state index < -0.39 is 0 Å². The third kappa shape index (κ3) is 5.40. The summed E-state index contributed by atoms with van der Waals surface area (Å²) in [5.74, 6) is 0.455. The maximum absolute atomic E-state index is 12.7. The average molecular weight is 444 g/mol. The van der Waals surface area contributed by atoms with Crippen molar-refractivity contribution in [3.8, 4) is 11.4 Å². The van der Waals surface area contributed by atoms with Gasteiger partial charge in [0.15, 0.2) is 11.0 Å². The molecule has 1 heterocycles. The van der Waals surface area contributed by atoms with Crippen molar-refractivity contribution >= 4 is 46.6 Å². The van der Waals surface area contributed by atoms with Crippen LogP contribution in [0.1, 0.15) is 20.3 Å². The summed E-state index contributed by atoms with van der Waals surface area (Å²) in [6.45, 7) is 3.42. The van der Waals surface area contributed by atoms with Gasteiger partial charge in [0.2, 0.25) is 11.8 Å². The number of anilines is 2. The number of halogens is 1. The molecule has 1 atom stereocenters. The highest BCUT2D eigenvalue weighted by Gasteiger charge is 2.22. The molecule has 0 aliphatic rings. The Labute approximate surface area is 184 Å². The maximum atomic E-state index is 12.7. The lowest BCUT2D eigenvalue weighted by Crippen LogP contribution is -2.25. The highest BCUT2D eigenvalue weighted by Crippen LogP contribution is 2.28. The van der Waals surface area contributed by atoms with Crippen LogP contribution in [0.25, 0.3) is 11.4 Å². The maximum Gasteiger partial charge on any atom is 0.237 e. The van der Waals surface area contributed by atoms with E-state index in [2.05, 4.69) is 20.8 Å². The van der Waals surface area contributed by atoms with Gasteiger partial charge in [-0.2, -0.15) is 0 Å². The lowest BCUT2D eigenvalue weighted by Gasteiger charge is -2.14. The van der Waals surface area contributed by atoms with Crippen LogP contribution in [-0.4, -0.2) is 31.8 Å². The van der Waals surface area contributed by atoms with Crippen LogP contribution < -0.4 is 10.6 Å². The molecule has 156 valence electrons. The van der Waals surface area contributed by atoms with Crippen molar-refractivity contribution in [2.75, 3.05) is 10.6 Å². The van der Waals surface area contributed by atoms with Crippen molar-refractivity contribution in [1.29, 1.82) is 0 Å². The lowest BCUT2D eigenvalue weighted by molar-refractivity contribution is -0.116. The molecule has 1 aromatic heterocycles. The van der Waals surface area contributed by atoms with Crippen molar-refractivity contribution in [2.24, 2.45) is 7.05 Å². The molecule has 3 aromatic rings. The number of amides is 2. The summed E-state index contributed by atoms with van der Waals surface area (Å²) in [7, 11) is 1.86. The molecule has 2 N–H and O–H groups in total. The van der Waals surface area contributed by atoms with Gasteiger partial charge in [0.05, 0.1) is 5.25 Å². The molecule has 3 rings (SSSR count). The molecule has 0 fully saturated rings. The minimum absolute atomic E-state index is 0.103. The van der Waals surface area contributed by atoms with Gasteiger partial charge in [0, 0.05) is 35.9 Å². The highest BCUT2D eigenvalue weighted by atomic mass is 35.5. The Bertz CT molecular complexity index is 1030. The van der Waals surface area contributed by atoms with Crippen molar-refractivity contribution < 1.29 is 9.59 Å². The Morgan fingerprint density at radius 2 is 1.63 bits per heavy atom. The number of carbonyl (C=O) groups is 2. The molecule has 0 spiro atoms. The fraction of sp³-hybridized carbons (Fsp3) is 0.238.